The molecule has 1 N–H and O–H groups in total. The third-order valence-electron chi connectivity index (χ3n) is 4.10. The average molecular weight is 404 g/mol. The molecule has 0 radical (unpaired) electrons. The Labute approximate surface area is 167 Å². The van der Waals surface area contributed by atoms with Gasteiger partial charge in [-0.05, 0) is 55.0 Å². The minimum atomic E-state index is -0.723. The van der Waals surface area contributed by atoms with Crippen LogP contribution >= 0.6 is 23.2 Å². The van der Waals surface area contributed by atoms with Gasteiger partial charge in [-0.25, -0.2) is 0 Å². The minimum Gasteiger partial charge on any atom is -0.351 e. The molecule has 0 bridgehead atoms. The van der Waals surface area contributed by atoms with Gasteiger partial charge in [0.1, 0.15) is 0 Å². The van der Waals surface area contributed by atoms with Gasteiger partial charge in [0.2, 0.25) is 11.7 Å². The highest BCUT2D eigenvalue weighted by molar-refractivity contribution is 6.31. The predicted molar refractivity (Wildman–Crippen MR) is 105 cm³/mol. The lowest BCUT2D eigenvalue weighted by atomic mass is 9.92. The predicted octanol–water partition coefficient (Wildman–Crippen LogP) is 3.99. The monoisotopic (exact) mass is 403 g/mol. The molecule has 1 aromatic heterocycles. The summed E-state index contributed by atoms with van der Waals surface area (Å²) in [5.74, 6) is 0.367. The van der Waals surface area contributed by atoms with E-state index in [-0.39, 0.29) is 5.91 Å². The number of amides is 1. The second kappa shape index (κ2) is 8.06. The van der Waals surface area contributed by atoms with Gasteiger partial charge in [-0.2, -0.15) is 4.80 Å². The zero-order valence-corrected chi connectivity index (χ0v) is 16.5. The van der Waals surface area contributed by atoms with Crippen LogP contribution in [0.4, 0.5) is 0 Å². The van der Waals surface area contributed by atoms with Gasteiger partial charge in [0.15, 0.2) is 0 Å². The van der Waals surface area contributed by atoms with Gasteiger partial charge in [0.05, 0.1) is 12.0 Å². The number of nitrogens with zero attached hydrogens (tertiary/aromatic N) is 4. The van der Waals surface area contributed by atoms with Crippen molar-refractivity contribution in [2.75, 3.05) is 0 Å². The van der Waals surface area contributed by atoms with Crippen molar-refractivity contribution in [3.63, 3.8) is 0 Å². The number of rotatable bonds is 6. The van der Waals surface area contributed by atoms with Gasteiger partial charge in [-0.15, -0.1) is 10.2 Å². The van der Waals surface area contributed by atoms with Crippen LogP contribution in [0.1, 0.15) is 19.4 Å². The Morgan fingerprint density at radius 3 is 2.52 bits per heavy atom. The number of carbonyl (C=O) groups excluding carboxylic acids is 1. The highest BCUT2D eigenvalue weighted by atomic mass is 35.5. The second-order valence-electron chi connectivity index (χ2n) is 6.81. The Morgan fingerprint density at radius 1 is 1.11 bits per heavy atom. The molecule has 0 saturated carbocycles. The van der Waals surface area contributed by atoms with E-state index in [1.807, 2.05) is 44.2 Å². The standard InChI is InChI=1S/C19H19Cl2N5O/c1-19(2,18(27)22-11-14-5-3-4-6-16(14)21)12-26-24-17(23-25-26)13-7-9-15(20)10-8-13/h3-10H,11-12H2,1-2H3,(H,22,27). The summed E-state index contributed by atoms with van der Waals surface area (Å²) in [5, 5.41) is 16.7. The molecule has 1 heterocycles. The molecule has 0 aliphatic rings. The van der Waals surface area contributed by atoms with Gasteiger partial charge in [-0.3, -0.25) is 4.79 Å². The number of hydrogen-bond donors (Lipinski definition) is 1. The number of hydrogen-bond acceptors (Lipinski definition) is 4. The van der Waals surface area contributed by atoms with Gasteiger partial charge < -0.3 is 5.32 Å². The molecule has 3 aromatic rings. The summed E-state index contributed by atoms with van der Waals surface area (Å²) in [4.78, 5) is 14.0. The molecule has 0 aliphatic carbocycles. The number of carbonyl (C=O) groups is 1. The van der Waals surface area contributed by atoms with Crippen molar-refractivity contribution in [3.05, 3.63) is 64.1 Å². The SMILES string of the molecule is CC(C)(Cn1nnc(-c2ccc(Cl)cc2)n1)C(=O)NCc1ccccc1Cl. The van der Waals surface area contributed by atoms with E-state index in [1.54, 1.807) is 18.2 Å². The van der Waals surface area contributed by atoms with Crippen molar-refractivity contribution in [1.29, 1.82) is 0 Å². The van der Waals surface area contributed by atoms with Crippen LogP contribution in [0.2, 0.25) is 10.0 Å². The highest BCUT2D eigenvalue weighted by Crippen LogP contribution is 2.21. The van der Waals surface area contributed by atoms with Gasteiger partial charge in [-0.1, -0.05) is 41.4 Å². The third kappa shape index (κ3) is 4.84. The molecule has 140 valence electrons. The van der Waals surface area contributed by atoms with E-state index in [4.69, 9.17) is 23.2 Å². The van der Waals surface area contributed by atoms with Crippen LogP contribution in [0, 0.1) is 5.41 Å². The maximum atomic E-state index is 12.6. The summed E-state index contributed by atoms with van der Waals surface area (Å²) >= 11 is 12.0. The first kappa shape index (κ1) is 19.3. The van der Waals surface area contributed by atoms with Gasteiger partial charge in [0.25, 0.3) is 0 Å². The van der Waals surface area contributed by atoms with E-state index in [0.29, 0.717) is 29.0 Å². The Morgan fingerprint density at radius 2 is 1.81 bits per heavy atom. The molecule has 0 fully saturated rings. The Kier molecular flexibility index (Phi) is 5.77. The minimum absolute atomic E-state index is 0.118. The van der Waals surface area contributed by atoms with E-state index in [0.717, 1.165) is 11.1 Å². The lowest BCUT2D eigenvalue weighted by molar-refractivity contribution is -0.130. The first-order chi connectivity index (χ1) is 12.8. The summed E-state index contributed by atoms with van der Waals surface area (Å²) in [6.45, 7) is 4.32. The summed E-state index contributed by atoms with van der Waals surface area (Å²) in [7, 11) is 0. The summed E-state index contributed by atoms with van der Waals surface area (Å²) < 4.78 is 0. The molecule has 0 saturated heterocycles. The first-order valence-electron chi connectivity index (χ1n) is 8.40. The average Bonchev–Trinajstić information content (AvgIpc) is 3.09. The third-order valence-corrected chi connectivity index (χ3v) is 4.72. The van der Waals surface area contributed by atoms with Crippen molar-refractivity contribution < 1.29 is 4.79 Å². The first-order valence-corrected chi connectivity index (χ1v) is 9.16. The van der Waals surface area contributed by atoms with Crippen molar-refractivity contribution in [2.45, 2.75) is 26.9 Å². The molecule has 0 aliphatic heterocycles. The van der Waals surface area contributed by atoms with Crippen LogP contribution in [0.5, 0.6) is 0 Å². The highest BCUT2D eigenvalue weighted by Gasteiger charge is 2.29. The van der Waals surface area contributed by atoms with E-state index in [1.165, 1.54) is 4.80 Å². The number of halogens is 2. The molecule has 3 rings (SSSR count). The topological polar surface area (TPSA) is 72.7 Å². The van der Waals surface area contributed by atoms with Crippen molar-refractivity contribution >= 4 is 29.1 Å². The Hall–Kier alpha value is -2.44. The zero-order valence-electron chi connectivity index (χ0n) is 15.0. The Balaban J connectivity index is 1.64. The fraction of sp³-hybridized carbons (Fsp3) is 0.263. The van der Waals surface area contributed by atoms with Crippen LogP contribution in [0.15, 0.2) is 48.5 Å². The quantitative estimate of drug-likeness (QED) is 0.674. The smallest absolute Gasteiger partial charge is 0.227 e. The van der Waals surface area contributed by atoms with Crippen LogP contribution in [-0.4, -0.2) is 26.1 Å². The fourth-order valence-corrected chi connectivity index (χ4v) is 2.84. The number of nitrogens with one attached hydrogen (secondary N) is 1. The van der Waals surface area contributed by atoms with Crippen LogP contribution in [-0.2, 0) is 17.9 Å². The van der Waals surface area contributed by atoms with Crippen LogP contribution in [0.25, 0.3) is 11.4 Å². The van der Waals surface area contributed by atoms with Gasteiger partial charge in [0, 0.05) is 22.2 Å². The summed E-state index contributed by atoms with van der Waals surface area (Å²) in [6, 6.07) is 14.6. The van der Waals surface area contributed by atoms with Crippen molar-refractivity contribution in [3.8, 4) is 11.4 Å². The molecular formula is C19H19Cl2N5O. The maximum absolute atomic E-state index is 12.6. The van der Waals surface area contributed by atoms with Crippen LogP contribution < -0.4 is 5.32 Å². The second-order valence-corrected chi connectivity index (χ2v) is 7.65. The van der Waals surface area contributed by atoms with Crippen molar-refractivity contribution in [1.82, 2.24) is 25.5 Å². The molecule has 0 spiro atoms. The zero-order chi connectivity index (χ0) is 19.4. The Bertz CT molecular complexity index is 937. The molecule has 27 heavy (non-hydrogen) atoms. The molecule has 0 atom stereocenters. The van der Waals surface area contributed by atoms with E-state index in [2.05, 4.69) is 20.7 Å². The molecule has 8 heteroatoms. The summed E-state index contributed by atoms with van der Waals surface area (Å²) in [5.41, 5.74) is 0.956. The molecule has 0 unspecified atom stereocenters. The van der Waals surface area contributed by atoms with Crippen molar-refractivity contribution in [2.24, 2.45) is 5.41 Å². The fourth-order valence-electron chi connectivity index (χ4n) is 2.51. The molecular weight excluding hydrogens is 385 g/mol. The van der Waals surface area contributed by atoms with E-state index in [9.17, 15) is 4.79 Å². The maximum Gasteiger partial charge on any atom is 0.227 e. The molecule has 6 nitrogen and oxygen atoms in total. The normalized spacial score (nSPS) is 11.4. The number of tetrazole rings is 1. The lowest BCUT2D eigenvalue weighted by Crippen LogP contribution is -2.39. The summed E-state index contributed by atoms with van der Waals surface area (Å²) in [6.07, 6.45) is 0. The largest absolute Gasteiger partial charge is 0.351 e. The van der Waals surface area contributed by atoms with E-state index >= 15 is 0 Å². The number of aromatic nitrogens is 4. The van der Waals surface area contributed by atoms with Crippen LogP contribution in [0.3, 0.4) is 0 Å². The number of benzene rings is 2. The van der Waals surface area contributed by atoms with E-state index < -0.39 is 5.41 Å². The lowest BCUT2D eigenvalue weighted by Gasteiger charge is -2.22. The molecule has 2 aromatic carbocycles. The molecule has 1 amide bonds. The van der Waals surface area contributed by atoms with Gasteiger partial charge >= 0.3 is 0 Å².